The number of nitrogens with zero attached hydrogens (tertiary/aromatic N) is 4. The van der Waals surface area contributed by atoms with Gasteiger partial charge in [0.25, 0.3) is 5.56 Å². The molecule has 0 bridgehead atoms. The maximum Gasteiger partial charge on any atom is 0.332 e. The number of carbonyl (C=O) groups excluding carboxylic acids is 1. The summed E-state index contributed by atoms with van der Waals surface area (Å²) in [6.07, 6.45) is 2.17. The first kappa shape index (κ1) is 19.6. The molecule has 2 N–H and O–H groups in total. The molecule has 3 aromatic heterocycles. The highest BCUT2D eigenvalue weighted by molar-refractivity contribution is 5.76. The number of fused-ring (bicyclic) bond motifs is 1. The fourth-order valence-corrected chi connectivity index (χ4v) is 3.16. The van der Waals surface area contributed by atoms with E-state index >= 15 is 0 Å². The van der Waals surface area contributed by atoms with Crippen LogP contribution >= 0.6 is 0 Å². The Balaban J connectivity index is 1.52. The Bertz CT molecular complexity index is 1110. The van der Waals surface area contributed by atoms with Crippen molar-refractivity contribution in [1.82, 2.24) is 29.6 Å². The molecule has 0 aliphatic carbocycles. The van der Waals surface area contributed by atoms with Crippen LogP contribution in [-0.2, 0) is 31.7 Å². The van der Waals surface area contributed by atoms with Gasteiger partial charge in [0, 0.05) is 39.0 Å². The van der Waals surface area contributed by atoms with E-state index in [1.165, 1.54) is 11.6 Å². The largest absolute Gasteiger partial charge is 0.361 e. The highest BCUT2D eigenvalue weighted by atomic mass is 16.5. The second kappa shape index (κ2) is 7.83. The third kappa shape index (κ3) is 3.75. The van der Waals surface area contributed by atoms with Crippen molar-refractivity contribution in [2.75, 3.05) is 6.54 Å². The molecule has 3 rings (SSSR count). The maximum atomic E-state index is 12.2. The van der Waals surface area contributed by atoms with Crippen LogP contribution in [0.1, 0.15) is 35.7 Å². The van der Waals surface area contributed by atoms with Gasteiger partial charge in [-0.05, 0) is 26.7 Å². The van der Waals surface area contributed by atoms with Gasteiger partial charge in [-0.3, -0.25) is 18.7 Å². The zero-order valence-corrected chi connectivity index (χ0v) is 16.5. The topological polar surface area (TPSA) is 128 Å². The van der Waals surface area contributed by atoms with Gasteiger partial charge in [0.2, 0.25) is 5.91 Å². The van der Waals surface area contributed by atoms with E-state index in [1.54, 1.807) is 7.05 Å². The Labute approximate surface area is 160 Å². The zero-order chi connectivity index (χ0) is 20.4. The van der Waals surface area contributed by atoms with Crippen LogP contribution in [0.5, 0.6) is 0 Å². The Morgan fingerprint density at radius 3 is 2.61 bits per heavy atom. The molecule has 0 fully saturated rings. The zero-order valence-electron chi connectivity index (χ0n) is 16.5. The van der Waals surface area contributed by atoms with Crippen molar-refractivity contribution in [3.63, 3.8) is 0 Å². The summed E-state index contributed by atoms with van der Waals surface area (Å²) >= 11 is 0. The van der Waals surface area contributed by atoms with E-state index in [2.05, 4.69) is 20.4 Å². The van der Waals surface area contributed by atoms with Crippen molar-refractivity contribution in [2.24, 2.45) is 14.1 Å². The molecule has 0 saturated carbocycles. The first-order valence-electron chi connectivity index (χ1n) is 9.12. The van der Waals surface area contributed by atoms with E-state index in [9.17, 15) is 14.4 Å². The van der Waals surface area contributed by atoms with Crippen LogP contribution in [0.15, 0.2) is 14.1 Å². The summed E-state index contributed by atoms with van der Waals surface area (Å²) in [7, 11) is 3.01. The van der Waals surface area contributed by atoms with Gasteiger partial charge in [0.05, 0.1) is 5.69 Å². The summed E-state index contributed by atoms with van der Waals surface area (Å²) < 4.78 is 7.48. The minimum Gasteiger partial charge on any atom is -0.361 e. The standard InChI is InChI=1S/C18H24N6O4/c1-10-12(11(2)28-22-10)7-8-14(25)19-9-5-6-13-20-15-16(21-13)23(3)18(27)24(4)17(15)26/h5-9H2,1-4H3,(H,19,25)(H,20,21). The normalized spacial score (nSPS) is 11.3. The number of nitrogens with one attached hydrogen (secondary N) is 2. The van der Waals surface area contributed by atoms with Gasteiger partial charge in [0.1, 0.15) is 17.1 Å². The molecule has 0 atom stereocenters. The first-order chi connectivity index (χ1) is 13.3. The van der Waals surface area contributed by atoms with Crippen LogP contribution in [0.3, 0.4) is 0 Å². The maximum absolute atomic E-state index is 12.2. The van der Waals surface area contributed by atoms with Gasteiger partial charge >= 0.3 is 5.69 Å². The Hall–Kier alpha value is -3.17. The first-order valence-corrected chi connectivity index (χ1v) is 9.12. The van der Waals surface area contributed by atoms with Gasteiger partial charge in [-0.15, -0.1) is 0 Å². The summed E-state index contributed by atoms with van der Waals surface area (Å²) in [5.41, 5.74) is 1.63. The smallest absolute Gasteiger partial charge is 0.332 e. The molecular formula is C18H24N6O4. The van der Waals surface area contributed by atoms with Crippen molar-refractivity contribution in [3.8, 4) is 0 Å². The van der Waals surface area contributed by atoms with Crippen LogP contribution in [-0.4, -0.2) is 36.7 Å². The lowest BCUT2D eigenvalue weighted by Gasteiger charge is -2.04. The Morgan fingerprint density at radius 2 is 1.93 bits per heavy atom. The van der Waals surface area contributed by atoms with Gasteiger partial charge in [-0.25, -0.2) is 9.78 Å². The van der Waals surface area contributed by atoms with E-state index in [-0.39, 0.29) is 5.91 Å². The number of amides is 1. The summed E-state index contributed by atoms with van der Waals surface area (Å²) in [6, 6.07) is 0. The highest BCUT2D eigenvalue weighted by Crippen LogP contribution is 2.14. The fraction of sp³-hybridized carbons (Fsp3) is 0.500. The Morgan fingerprint density at radius 1 is 1.18 bits per heavy atom. The number of aromatic amines is 1. The van der Waals surface area contributed by atoms with Crippen LogP contribution in [0.2, 0.25) is 0 Å². The molecule has 150 valence electrons. The van der Waals surface area contributed by atoms with E-state index in [0.29, 0.717) is 49.2 Å². The van der Waals surface area contributed by atoms with Crippen LogP contribution < -0.4 is 16.6 Å². The second-order valence-electron chi connectivity index (χ2n) is 6.84. The second-order valence-corrected chi connectivity index (χ2v) is 6.84. The molecule has 10 nitrogen and oxygen atoms in total. The van der Waals surface area contributed by atoms with Crippen molar-refractivity contribution in [2.45, 2.75) is 39.5 Å². The molecule has 3 heterocycles. The molecular weight excluding hydrogens is 364 g/mol. The lowest BCUT2D eigenvalue weighted by Crippen LogP contribution is -2.36. The van der Waals surface area contributed by atoms with Crippen molar-refractivity contribution >= 4 is 17.1 Å². The third-order valence-corrected chi connectivity index (χ3v) is 4.84. The van der Waals surface area contributed by atoms with E-state index in [0.717, 1.165) is 21.6 Å². The molecule has 0 aliphatic rings. The van der Waals surface area contributed by atoms with E-state index < -0.39 is 11.2 Å². The summed E-state index contributed by atoms with van der Waals surface area (Å²) in [4.78, 5) is 43.5. The van der Waals surface area contributed by atoms with Crippen LogP contribution in [0, 0.1) is 13.8 Å². The predicted molar refractivity (Wildman–Crippen MR) is 102 cm³/mol. The van der Waals surface area contributed by atoms with Crippen molar-refractivity contribution < 1.29 is 9.32 Å². The molecule has 0 spiro atoms. The van der Waals surface area contributed by atoms with Gasteiger partial charge in [0.15, 0.2) is 5.65 Å². The summed E-state index contributed by atoms with van der Waals surface area (Å²) in [6.45, 7) is 4.19. The number of H-pyrrole nitrogens is 1. The number of carbonyl (C=O) groups is 1. The minimum absolute atomic E-state index is 0.0409. The number of aromatic nitrogens is 5. The van der Waals surface area contributed by atoms with Gasteiger partial charge < -0.3 is 14.8 Å². The average Bonchev–Trinajstić information content (AvgIpc) is 3.24. The quantitative estimate of drug-likeness (QED) is 0.558. The summed E-state index contributed by atoms with van der Waals surface area (Å²) in [5.74, 6) is 1.31. The minimum atomic E-state index is -0.416. The van der Waals surface area contributed by atoms with E-state index in [1.807, 2.05) is 13.8 Å². The highest BCUT2D eigenvalue weighted by Gasteiger charge is 2.14. The third-order valence-electron chi connectivity index (χ3n) is 4.84. The van der Waals surface area contributed by atoms with E-state index in [4.69, 9.17) is 4.52 Å². The lowest BCUT2D eigenvalue weighted by molar-refractivity contribution is -0.121. The average molecular weight is 388 g/mol. The number of hydrogen-bond donors (Lipinski definition) is 2. The van der Waals surface area contributed by atoms with Crippen LogP contribution in [0.25, 0.3) is 11.2 Å². The lowest BCUT2D eigenvalue weighted by atomic mass is 10.1. The SMILES string of the molecule is Cc1noc(C)c1CCC(=O)NCCCc1nc2c([nH]1)c(=O)n(C)c(=O)n2C. The van der Waals surface area contributed by atoms with Crippen molar-refractivity contribution in [3.05, 3.63) is 43.7 Å². The molecule has 10 heteroatoms. The fourth-order valence-electron chi connectivity index (χ4n) is 3.16. The number of hydrogen-bond acceptors (Lipinski definition) is 6. The molecule has 0 saturated heterocycles. The molecule has 1 amide bonds. The molecule has 0 aliphatic heterocycles. The number of rotatable bonds is 7. The molecule has 0 radical (unpaired) electrons. The van der Waals surface area contributed by atoms with Crippen molar-refractivity contribution in [1.29, 1.82) is 0 Å². The molecule has 0 unspecified atom stereocenters. The van der Waals surface area contributed by atoms with Crippen LogP contribution in [0.4, 0.5) is 0 Å². The molecule has 28 heavy (non-hydrogen) atoms. The summed E-state index contributed by atoms with van der Waals surface area (Å²) in [5, 5.41) is 6.76. The Kier molecular flexibility index (Phi) is 5.48. The van der Waals surface area contributed by atoms with Gasteiger partial charge in [-0.2, -0.15) is 0 Å². The predicted octanol–water partition coefficient (Wildman–Crippen LogP) is 0.247. The number of imidazole rings is 1. The number of aryl methyl sites for hydroxylation is 4. The molecule has 3 aromatic rings. The van der Waals surface area contributed by atoms with Gasteiger partial charge in [-0.1, -0.05) is 5.16 Å². The monoisotopic (exact) mass is 388 g/mol. The molecule has 0 aromatic carbocycles.